The summed E-state index contributed by atoms with van der Waals surface area (Å²) in [5.41, 5.74) is 1.88. The van der Waals surface area contributed by atoms with Crippen molar-refractivity contribution in [3.8, 4) is 5.75 Å². The molecule has 1 aliphatic heterocycles. The van der Waals surface area contributed by atoms with Crippen LogP contribution in [0, 0.1) is 17.6 Å². The highest BCUT2D eigenvalue weighted by atomic mass is 19.4. The molecule has 0 unspecified atom stereocenters. The second-order valence-electron chi connectivity index (χ2n) is 7.58. The zero-order valence-electron chi connectivity index (χ0n) is 17.5. The first-order valence-electron chi connectivity index (χ1n) is 9.51. The fourth-order valence-electron chi connectivity index (χ4n) is 3.80. The molecule has 0 spiro atoms. The van der Waals surface area contributed by atoms with Gasteiger partial charge < -0.3 is 20.5 Å². The number of hydrogen-bond donors (Lipinski definition) is 2. The highest BCUT2D eigenvalue weighted by molar-refractivity contribution is 5.96. The van der Waals surface area contributed by atoms with Gasteiger partial charge in [-0.2, -0.15) is 17.6 Å². The molecule has 1 saturated heterocycles. The van der Waals surface area contributed by atoms with Crippen LogP contribution in [0.1, 0.15) is 35.8 Å². The van der Waals surface area contributed by atoms with Gasteiger partial charge in [-0.1, -0.05) is 13.0 Å². The molecular formula is C20H19F5N4O4. The number of ether oxygens (including phenoxy) is 2. The molecule has 1 aromatic heterocycles. The molecule has 1 aliphatic rings. The van der Waals surface area contributed by atoms with E-state index in [0.717, 1.165) is 38.6 Å². The van der Waals surface area contributed by atoms with Crippen molar-refractivity contribution in [3.63, 3.8) is 0 Å². The van der Waals surface area contributed by atoms with Crippen LogP contribution in [0.4, 0.5) is 27.8 Å². The monoisotopic (exact) mass is 474 g/mol. The van der Waals surface area contributed by atoms with Gasteiger partial charge in [0.2, 0.25) is 5.82 Å². The first kappa shape index (κ1) is 24.3. The van der Waals surface area contributed by atoms with Gasteiger partial charge >= 0.3 is 6.18 Å². The SMILES string of the molecule is COc1c([C@H]2[C@@H](C(=O)Nc3cc(C(N)=O)ncn3)O[C@@](C)(C(F)(F)F)[C@H]2C)ccc(F)c1F. The summed E-state index contributed by atoms with van der Waals surface area (Å²) in [6.45, 7) is 1.95. The van der Waals surface area contributed by atoms with Crippen LogP contribution in [0.15, 0.2) is 24.5 Å². The van der Waals surface area contributed by atoms with Gasteiger partial charge in [0.15, 0.2) is 17.2 Å². The molecule has 1 aromatic carbocycles. The van der Waals surface area contributed by atoms with Crippen LogP contribution in [0.25, 0.3) is 0 Å². The van der Waals surface area contributed by atoms with Crippen molar-refractivity contribution in [1.29, 1.82) is 0 Å². The number of nitrogens with zero attached hydrogens (tertiary/aromatic N) is 2. The standard InChI is InChI=1S/C20H19F5N4O4/c1-8-13(9-4-5-10(21)14(22)15(9)32-3)16(33-19(8,2)20(23,24)25)18(31)29-12-6-11(17(26)30)27-7-28-12/h4-8,13,16H,1-3H3,(H2,26,30)(H,27,28,29,31)/t8-,13-,16-,19+/m0/s1. The average molecular weight is 474 g/mol. The van der Waals surface area contributed by atoms with Crippen molar-refractivity contribution in [1.82, 2.24) is 9.97 Å². The summed E-state index contributed by atoms with van der Waals surface area (Å²) in [6, 6.07) is 2.79. The maximum Gasteiger partial charge on any atom is 0.417 e. The van der Waals surface area contributed by atoms with E-state index in [1.807, 2.05) is 0 Å². The fraction of sp³-hybridized carbons (Fsp3) is 0.400. The third-order valence-electron chi connectivity index (χ3n) is 5.74. The van der Waals surface area contributed by atoms with Crippen molar-refractivity contribution in [2.45, 2.75) is 37.6 Å². The number of carbonyl (C=O) groups is 2. The number of amides is 2. The first-order valence-corrected chi connectivity index (χ1v) is 9.51. The molecule has 8 nitrogen and oxygen atoms in total. The Labute approximate surface area is 184 Å². The van der Waals surface area contributed by atoms with Gasteiger partial charge in [-0.15, -0.1) is 0 Å². The molecule has 2 amide bonds. The maximum atomic E-state index is 14.3. The minimum absolute atomic E-state index is 0.183. The van der Waals surface area contributed by atoms with E-state index in [9.17, 15) is 31.5 Å². The topological polar surface area (TPSA) is 116 Å². The van der Waals surface area contributed by atoms with E-state index in [0.29, 0.717) is 0 Å². The lowest BCUT2D eigenvalue weighted by atomic mass is 9.77. The largest absolute Gasteiger partial charge is 0.493 e. The number of carbonyl (C=O) groups excluding carboxylic acids is 2. The van der Waals surface area contributed by atoms with Gasteiger partial charge in [-0.3, -0.25) is 9.59 Å². The zero-order chi connectivity index (χ0) is 24.7. The van der Waals surface area contributed by atoms with Crippen molar-refractivity contribution in [3.05, 3.63) is 47.4 Å². The molecule has 13 heteroatoms. The Morgan fingerprint density at radius 2 is 1.91 bits per heavy atom. The van der Waals surface area contributed by atoms with E-state index >= 15 is 0 Å². The van der Waals surface area contributed by atoms with Gasteiger partial charge in [0.05, 0.1) is 7.11 Å². The lowest BCUT2D eigenvalue weighted by Gasteiger charge is -2.32. The molecule has 0 aliphatic carbocycles. The van der Waals surface area contributed by atoms with Gasteiger partial charge in [0.25, 0.3) is 11.8 Å². The summed E-state index contributed by atoms with van der Waals surface area (Å²) in [5.74, 6) is -8.36. The van der Waals surface area contributed by atoms with Gasteiger partial charge in [0.1, 0.15) is 23.9 Å². The number of benzene rings is 1. The number of anilines is 1. The lowest BCUT2D eigenvalue weighted by Crippen LogP contribution is -2.47. The van der Waals surface area contributed by atoms with Crippen molar-refractivity contribution in [2.24, 2.45) is 11.7 Å². The minimum Gasteiger partial charge on any atom is -0.493 e. The number of nitrogens with one attached hydrogen (secondary N) is 1. The van der Waals surface area contributed by atoms with E-state index in [2.05, 4.69) is 15.3 Å². The second kappa shape index (κ2) is 8.54. The molecule has 4 atom stereocenters. The van der Waals surface area contributed by atoms with E-state index < -0.39 is 58.9 Å². The van der Waals surface area contributed by atoms with Crippen LogP contribution in [-0.4, -0.2) is 46.8 Å². The Balaban J connectivity index is 2.07. The van der Waals surface area contributed by atoms with Crippen LogP contribution in [0.2, 0.25) is 0 Å². The quantitative estimate of drug-likeness (QED) is 0.644. The third-order valence-corrected chi connectivity index (χ3v) is 5.74. The molecule has 3 N–H and O–H groups in total. The maximum absolute atomic E-state index is 14.3. The highest BCUT2D eigenvalue weighted by Crippen LogP contribution is 2.54. The number of methoxy groups -OCH3 is 1. The van der Waals surface area contributed by atoms with Crippen molar-refractivity contribution >= 4 is 17.6 Å². The molecule has 0 saturated carbocycles. The summed E-state index contributed by atoms with van der Waals surface area (Å²) >= 11 is 0. The number of hydrogen-bond acceptors (Lipinski definition) is 6. The molecule has 0 radical (unpaired) electrons. The molecule has 1 fully saturated rings. The van der Waals surface area contributed by atoms with E-state index in [1.54, 1.807) is 0 Å². The number of aromatic nitrogens is 2. The number of primary amides is 1. The first-order chi connectivity index (χ1) is 15.3. The Kier molecular flexibility index (Phi) is 6.29. The Hall–Kier alpha value is -3.35. The highest BCUT2D eigenvalue weighted by Gasteiger charge is 2.65. The number of halogens is 5. The zero-order valence-corrected chi connectivity index (χ0v) is 17.5. The predicted molar refractivity (Wildman–Crippen MR) is 103 cm³/mol. The van der Waals surface area contributed by atoms with Crippen LogP contribution >= 0.6 is 0 Å². The van der Waals surface area contributed by atoms with Crippen LogP contribution < -0.4 is 15.8 Å². The Morgan fingerprint density at radius 3 is 2.48 bits per heavy atom. The number of rotatable bonds is 5. The second-order valence-corrected chi connectivity index (χ2v) is 7.58. The summed E-state index contributed by atoms with van der Waals surface area (Å²) in [4.78, 5) is 31.6. The normalized spacial score (nSPS) is 25.0. The predicted octanol–water partition coefficient (Wildman–Crippen LogP) is 2.94. The van der Waals surface area contributed by atoms with Gasteiger partial charge in [-0.05, 0) is 13.0 Å². The average Bonchev–Trinajstić information content (AvgIpc) is 3.02. The molecule has 178 valence electrons. The summed E-state index contributed by atoms with van der Waals surface area (Å²) in [5, 5.41) is 2.25. The molecule has 2 heterocycles. The third kappa shape index (κ3) is 4.19. The Morgan fingerprint density at radius 1 is 1.24 bits per heavy atom. The number of alkyl halides is 3. The molecule has 2 aromatic rings. The van der Waals surface area contributed by atoms with Gasteiger partial charge in [0, 0.05) is 23.5 Å². The van der Waals surface area contributed by atoms with Crippen molar-refractivity contribution < 1.29 is 41.0 Å². The van der Waals surface area contributed by atoms with E-state index in [4.69, 9.17) is 15.2 Å². The summed E-state index contributed by atoms with van der Waals surface area (Å²) < 4.78 is 80.0. The van der Waals surface area contributed by atoms with E-state index in [1.165, 1.54) is 6.92 Å². The molecule has 33 heavy (non-hydrogen) atoms. The van der Waals surface area contributed by atoms with Crippen LogP contribution in [-0.2, 0) is 9.53 Å². The lowest BCUT2D eigenvalue weighted by molar-refractivity contribution is -0.272. The van der Waals surface area contributed by atoms with Crippen molar-refractivity contribution in [2.75, 3.05) is 12.4 Å². The summed E-state index contributed by atoms with van der Waals surface area (Å²) in [7, 11) is 1.02. The molecule has 3 rings (SSSR count). The van der Waals surface area contributed by atoms with Gasteiger partial charge in [-0.25, -0.2) is 14.4 Å². The van der Waals surface area contributed by atoms with Crippen LogP contribution in [0.5, 0.6) is 5.75 Å². The fourth-order valence-corrected chi connectivity index (χ4v) is 3.80. The smallest absolute Gasteiger partial charge is 0.417 e. The summed E-state index contributed by atoms with van der Waals surface area (Å²) in [6.07, 6.45) is -5.79. The Bertz CT molecular complexity index is 1100. The molecule has 0 bridgehead atoms. The minimum atomic E-state index is -4.90. The molecular weight excluding hydrogens is 455 g/mol. The van der Waals surface area contributed by atoms with E-state index in [-0.39, 0.29) is 17.1 Å². The van der Waals surface area contributed by atoms with Crippen LogP contribution in [0.3, 0.4) is 0 Å². The number of nitrogens with two attached hydrogens (primary N) is 1.